The standard InChI is InChI=1S/C13H16BrF3N2O3S/c14-8-1-6-12(11(7-8)22-13(15,16)17)23(20,21)19-10-4-2-9(18)3-5-10/h1,6-7,9-10,19H,2-5,18H2. The monoisotopic (exact) mass is 416 g/mol. The zero-order valence-electron chi connectivity index (χ0n) is 11.9. The van der Waals surface area contributed by atoms with Crippen molar-refractivity contribution in [1.82, 2.24) is 4.72 Å². The highest BCUT2D eigenvalue weighted by molar-refractivity contribution is 9.10. The molecular formula is C13H16BrF3N2O3S. The van der Waals surface area contributed by atoms with Crippen molar-refractivity contribution in [3.8, 4) is 5.75 Å². The van der Waals surface area contributed by atoms with Crippen LogP contribution in [-0.4, -0.2) is 26.9 Å². The molecule has 0 atom stereocenters. The molecule has 130 valence electrons. The molecule has 0 spiro atoms. The zero-order valence-corrected chi connectivity index (χ0v) is 14.3. The van der Waals surface area contributed by atoms with E-state index in [9.17, 15) is 21.6 Å². The number of halogens is 4. The fourth-order valence-corrected chi connectivity index (χ4v) is 4.18. The van der Waals surface area contributed by atoms with E-state index in [2.05, 4.69) is 25.4 Å². The van der Waals surface area contributed by atoms with Crippen molar-refractivity contribution in [1.29, 1.82) is 0 Å². The summed E-state index contributed by atoms with van der Waals surface area (Å²) in [5, 5.41) is 0. The summed E-state index contributed by atoms with van der Waals surface area (Å²) in [6, 6.07) is 3.07. The van der Waals surface area contributed by atoms with Crippen molar-refractivity contribution < 1.29 is 26.3 Å². The second-order valence-electron chi connectivity index (χ2n) is 5.37. The largest absolute Gasteiger partial charge is 0.573 e. The van der Waals surface area contributed by atoms with Gasteiger partial charge < -0.3 is 10.5 Å². The minimum Gasteiger partial charge on any atom is -0.404 e. The first-order chi connectivity index (χ1) is 10.6. The van der Waals surface area contributed by atoms with Crippen molar-refractivity contribution in [3.63, 3.8) is 0 Å². The second kappa shape index (κ2) is 6.96. The van der Waals surface area contributed by atoms with E-state index in [0.717, 1.165) is 12.1 Å². The molecule has 10 heteroatoms. The molecule has 1 aliphatic rings. The van der Waals surface area contributed by atoms with Crippen LogP contribution in [0.5, 0.6) is 5.75 Å². The fraction of sp³-hybridized carbons (Fsp3) is 0.538. The SMILES string of the molecule is NC1CCC(NS(=O)(=O)c2ccc(Br)cc2OC(F)(F)F)CC1. The summed E-state index contributed by atoms with van der Waals surface area (Å²) in [7, 11) is -4.13. The van der Waals surface area contributed by atoms with Crippen molar-refractivity contribution in [3.05, 3.63) is 22.7 Å². The van der Waals surface area contributed by atoms with Crippen LogP contribution in [0.25, 0.3) is 0 Å². The first kappa shape index (κ1) is 18.5. The molecule has 1 aromatic rings. The number of nitrogens with two attached hydrogens (primary N) is 1. The van der Waals surface area contributed by atoms with Gasteiger partial charge in [0.2, 0.25) is 10.0 Å². The molecule has 0 unspecified atom stereocenters. The Morgan fingerprint density at radius 2 is 1.83 bits per heavy atom. The highest BCUT2D eigenvalue weighted by Crippen LogP contribution is 2.32. The zero-order chi connectivity index (χ0) is 17.3. The van der Waals surface area contributed by atoms with Gasteiger partial charge in [0.05, 0.1) is 0 Å². The highest BCUT2D eigenvalue weighted by atomic mass is 79.9. The summed E-state index contributed by atoms with van der Waals surface area (Å²) in [5.41, 5.74) is 5.75. The minimum absolute atomic E-state index is 0.0348. The van der Waals surface area contributed by atoms with Gasteiger partial charge >= 0.3 is 6.36 Å². The number of nitrogens with one attached hydrogen (secondary N) is 1. The molecule has 2 rings (SSSR count). The lowest BCUT2D eigenvalue weighted by molar-refractivity contribution is -0.275. The Morgan fingerprint density at radius 3 is 2.39 bits per heavy atom. The molecule has 1 aliphatic carbocycles. The Kier molecular flexibility index (Phi) is 5.59. The van der Waals surface area contributed by atoms with Crippen LogP contribution in [0, 0.1) is 0 Å². The molecule has 0 aliphatic heterocycles. The van der Waals surface area contributed by atoms with Crippen LogP contribution in [0.3, 0.4) is 0 Å². The number of hydrogen-bond donors (Lipinski definition) is 2. The van der Waals surface area contributed by atoms with Crippen LogP contribution < -0.4 is 15.2 Å². The van der Waals surface area contributed by atoms with E-state index < -0.39 is 27.0 Å². The maximum absolute atomic E-state index is 12.5. The Hall–Kier alpha value is -0.840. The van der Waals surface area contributed by atoms with Gasteiger partial charge in [-0.3, -0.25) is 0 Å². The first-order valence-corrected chi connectivity index (χ1v) is 9.17. The molecule has 0 heterocycles. The number of alkyl halides is 3. The number of rotatable bonds is 4. The predicted molar refractivity (Wildman–Crippen MR) is 81.4 cm³/mol. The average Bonchev–Trinajstić information content (AvgIpc) is 2.39. The Morgan fingerprint density at radius 1 is 1.22 bits per heavy atom. The summed E-state index contributed by atoms with van der Waals surface area (Å²) < 4.78 is 68.8. The van der Waals surface area contributed by atoms with Gasteiger partial charge in [0.25, 0.3) is 0 Å². The molecule has 0 saturated heterocycles. The number of ether oxygens (including phenoxy) is 1. The van der Waals surface area contributed by atoms with E-state index in [1.807, 2.05) is 0 Å². The Balaban J connectivity index is 2.25. The molecule has 5 nitrogen and oxygen atoms in total. The van der Waals surface area contributed by atoms with E-state index in [0.29, 0.717) is 25.7 Å². The van der Waals surface area contributed by atoms with Crippen molar-refractivity contribution >= 4 is 26.0 Å². The predicted octanol–water partition coefficient (Wildman–Crippen LogP) is 2.90. The second-order valence-corrected chi connectivity index (χ2v) is 7.97. The third-order valence-corrected chi connectivity index (χ3v) is 5.57. The minimum atomic E-state index is -4.98. The van der Waals surface area contributed by atoms with Gasteiger partial charge in [0.1, 0.15) is 4.90 Å². The molecule has 0 radical (unpaired) electrons. The molecular weight excluding hydrogens is 401 g/mol. The van der Waals surface area contributed by atoms with E-state index in [4.69, 9.17) is 5.73 Å². The number of benzene rings is 1. The summed E-state index contributed by atoms with van der Waals surface area (Å²) in [4.78, 5) is -0.548. The summed E-state index contributed by atoms with van der Waals surface area (Å²) in [6.45, 7) is 0. The maximum atomic E-state index is 12.5. The van der Waals surface area contributed by atoms with Crippen LogP contribution in [0.2, 0.25) is 0 Å². The average molecular weight is 417 g/mol. The van der Waals surface area contributed by atoms with Crippen molar-refractivity contribution in [2.75, 3.05) is 0 Å². The summed E-state index contributed by atoms with van der Waals surface area (Å²) in [6.07, 6.45) is -2.56. The Labute approximate surface area is 140 Å². The lowest BCUT2D eigenvalue weighted by Crippen LogP contribution is -2.40. The van der Waals surface area contributed by atoms with E-state index >= 15 is 0 Å². The lowest BCUT2D eigenvalue weighted by Gasteiger charge is -2.27. The van der Waals surface area contributed by atoms with Gasteiger partial charge in [0, 0.05) is 16.6 Å². The van der Waals surface area contributed by atoms with Gasteiger partial charge in [0.15, 0.2) is 5.75 Å². The van der Waals surface area contributed by atoms with E-state index in [-0.39, 0.29) is 16.6 Å². The van der Waals surface area contributed by atoms with E-state index in [1.54, 1.807) is 0 Å². The van der Waals surface area contributed by atoms with E-state index in [1.165, 1.54) is 6.07 Å². The lowest BCUT2D eigenvalue weighted by atomic mass is 9.93. The van der Waals surface area contributed by atoms with Crippen LogP contribution in [0.1, 0.15) is 25.7 Å². The quantitative estimate of drug-likeness (QED) is 0.790. The van der Waals surface area contributed by atoms with Gasteiger partial charge in [-0.15, -0.1) is 13.2 Å². The topological polar surface area (TPSA) is 81.4 Å². The Bertz CT molecular complexity index is 659. The third-order valence-electron chi connectivity index (χ3n) is 3.51. The smallest absolute Gasteiger partial charge is 0.404 e. The normalized spacial score (nSPS) is 22.8. The van der Waals surface area contributed by atoms with Gasteiger partial charge in [-0.2, -0.15) is 0 Å². The van der Waals surface area contributed by atoms with Gasteiger partial charge in [-0.05, 0) is 43.9 Å². The first-order valence-electron chi connectivity index (χ1n) is 6.90. The van der Waals surface area contributed by atoms with Crippen LogP contribution in [0.15, 0.2) is 27.6 Å². The number of hydrogen-bond acceptors (Lipinski definition) is 4. The fourth-order valence-electron chi connectivity index (χ4n) is 2.43. The summed E-state index contributed by atoms with van der Waals surface area (Å²) >= 11 is 3.00. The van der Waals surface area contributed by atoms with Crippen LogP contribution in [-0.2, 0) is 10.0 Å². The maximum Gasteiger partial charge on any atom is 0.573 e. The van der Waals surface area contributed by atoms with Crippen molar-refractivity contribution in [2.45, 2.75) is 49.0 Å². The molecule has 1 saturated carbocycles. The van der Waals surface area contributed by atoms with Crippen LogP contribution in [0.4, 0.5) is 13.2 Å². The number of sulfonamides is 1. The highest BCUT2D eigenvalue weighted by Gasteiger charge is 2.35. The summed E-state index contributed by atoms with van der Waals surface area (Å²) in [5.74, 6) is -0.771. The molecule has 1 aromatic carbocycles. The molecule has 0 bridgehead atoms. The third kappa shape index (κ3) is 5.33. The molecule has 1 fully saturated rings. The molecule has 23 heavy (non-hydrogen) atoms. The molecule has 0 aromatic heterocycles. The molecule has 3 N–H and O–H groups in total. The van der Waals surface area contributed by atoms with Gasteiger partial charge in [-0.25, -0.2) is 13.1 Å². The van der Waals surface area contributed by atoms with Gasteiger partial charge in [-0.1, -0.05) is 15.9 Å². The van der Waals surface area contributed by atoms with Crippen molar-refractivity contribution in [2.24, 2.45) is 5.73 Å². The molecule has 0 amide bonds. The van der Waals surface area contributed by atoms with Crippen LogP contribution >= 0.6 is 15.9 Å².